The normalized spacial score (nSPS) is 14.3. The molecule has 47 heavy (non-hydrogen) atoms. The van der Waals surface area contributed by atoms with Crippen molar-refractivity contribution in [3.8, 4) is 0 Å². The van der Waals surface area contributed by atoms with Crippen LogP contribution in [-0.2, 0) is 32.6 Å². The van der Waals surface area contributed by atoms with Gasteiger partial charge in [0, 0.05) is 19.0 Å². The van der Waals surface area contributed by atoms with E-state index in [2.05, 4.69) is 5.32 Å². The summed E-state index contributed by atoms with van der Waals surface area (Å²) in [5, 5.41) is 3.26. The van der Waals surface area contributed by atoms with E-state index in [9.17, 15) is 18.0 Å². The predicted octanol–water partition coefficient (Wildman–Crippen LogP) is 6.90. The van der Waals surface area contributed by atoms with Gasteiger partial charge in [-0.1, -0.05) is 115 Å². The summed E-state index contributed by atoms with van der Waals surface area (Å²) in [5.41, 5.74) is 5.00. The Kier molecular flexibility index (Phi) is 11.1. The number of amides is 2. The lowest BCUT2D eigenvalue weighted by molar-refractivity contribution is -0.140. The van der Waals surface area contributed by atoms with Gasteiger partial charge in [0.05, 0.1) is 10.6 Å². The first-order valence-electron chi connectivity index (χ1n) is 16.5. The van der Waals surface area contributed by atoms with Gasteiger partial charge in [-0.05, 0) is 68.5 Å². The number of sulfonamides is 1. The van der Waals surface area contributed by atoms with E-state index in [4.69, 9.17) is 0 Å². The van der Waals surface area contributed by atoms with Gasteiger partial charge in [-0.25, -0.2) is 8.42 Å². The molecular formula is C39H45N3O4S. The van der Waals surface area contributed by atoms with E-state index in [0.717, 1.165) is 59.9 Å². The monoisotopic (exact) mass is 651 g/mol. The van der Waals surface area contributed by atoms with E-state index >= 15 is 0 Å². The summed E-state index contributed by atoms with van der Waals surface area (Å²) in [4.78, 5) is 30.6. The summed E-state index contributed by atoms with van der Waals surface area (Å²) in [7, 11) is -4.14. The SMILES string of the molecule is Cc1ccc(CN(C(=O)CN(c2ccc(C)cc2C)S(=O)(=O)c2ccccc2)[C@@H](Cc2ccccc2)C(=O)NC2CCCCC2)cc1. The Labute approximate surface area is 279 Å². The number of rotatable bonds is 12. The molecule has 0 radical (unpaired) electrons. The van der Waals surface area contributed by atoms with Gasteiger partial charge in [0.25, 0.3) is 10.0 Å². The molecule has 1 saturated carbocycles. The Balaban J connectivity index is 1.57. The summed E-state index contributed by atoms with van der Waals surface area (Å²) >= 11 is 0. The Morgan fingerprint density at radius 2 is 1.38 bits per heavy atom. The van der Waals surface area contributed by atoms with Crippen LogP contribution in [0.1, 0.15) is 59.9 Å². The fraction of sp³-hybridized carbons (Fsp3) is 0.333. The first-order valence-corrected chi connectivity index (χ1v) is 17.9. The first-order chi connectivity index (χ1) is 22.6. The van der Waals surface area contributed by atoms with Crippen molar-refractivity contribution >= 4 is 27.5 Å². The largest absolute Gasteiger partial charge is 0.352 e. The molecular weight excluding hydrogens is 607 g/mol. The minimum Gasteiger partial charge on any atom is -0.352 e. The summed E-state index contributed by atoms with van der Waals surface area (Å²) in [6.07, 6.45) is 5.38. The summed E-state index contributed by atoms with van der Waals surface area (Å²) < 4.78 is 29.7. The van der Waals surface area contributed by atoms with Gasteiger partial charge in [-0.3, -0.25) is 13.9 Å². The maximum Gasteiger partial charge on any atom is 0.264 e. The minimum atomic E-state index is -4.14. The zero-order chi connectivity index (χ0) is 33.4. The van der Waals surface area contributed by atoms with Crippen LogP contribution in [0, 0.1) is 20.8 Å². The second kappa shape index (κ2) is 15.4. The van der Waals surface area contributed by atoms with Crippen molar-refractivity contribution in [2.45, 2.75) is 82.8 Å². The van der Waals surface area contributed by atoms with Crippen molar-refractivity contribution in [2.75, 3.05) is 10.8 Å². The number of benzene rings is 4. The highest BCUT2D eigenvalue weighted by Crippen LogP contribution is 2.29. The second-order valence-electron chi connectivity index (χ2n) is 12.7. The number of carbonyl (C=O) groups excluding carboxylic acids is 2. The number of hydrogen-bond acceptors (Lipinski definition) is 4. The Morgan fingerprint density at radius 1 is 0.766 bits per heavy atom. The third-order valence-electron chi connectivity index (χ3n) is 8.93. The highest BCUT2D eigenvalue weighted by molar-refractivity contribution is 7.92. The van der Waals surface area contributed by atoms with Crippen LogP contribution >= 0.6 is 0 Å². The standard InChI is InChI=1S/C39H45N3O4S/c1-29-19-22-33(23-20-29)27-41(37(26-32-13-7-4-8-14-32)39(44)40-34-15-9-5-10-16-34)38(43)28-42(36-24-21-30(2)25-31(36)3)47(45,46)35-17-11-6-12-18-35/h4,6-8,11-14,17-25,34,37H,5,9-10,15-16,26-28H2,1-3H3,(H,40,44)/t37-/m0/s1. The van der Waals surface area contributed by atoms with Crippen LogP contribution in [0.25, 0.3) is 0 Å². The molecule has 7 nitrogen and oxygen atoms in total. The van der Waals surface area contributed by atoms with Crippen molar-refractivity contribution in [3.63, 3.8) is 0 Å². The van der Waals surface area contributed by atoms with E-state index in [0.29, 0.717) is 12.1 Å². The Morgan fingerprint density at radius 3 is 2.02 bits per heavy atom. The number of carbonyl (C=O) groups is 2. The first kappa shape index (κ1) is 33.9. The third kappa shape index (κ3) is 8.69. The highest BCUT2D eigenvalue weighted by atomic mass is 32.2. The molecule has 0 bridgehead atoms. The molecule has 246 valence electrons. The third-order valence-corrected chi connectivity index (χ3v) is 10.7. The lowest BCUT2D eigenvalue weighted by Gasteiger charge is -2.35. The Hall–Kier alpha value is -4.43. The van der Waals surface area contributed by atoms with Gasteiger partial charge < -0.3 is 10.2 Å². The number of nitrogens with zero attached hydrogens (tertiary/aromatic N) is 2. The van der Waals surface area contributed by atoms with Crippen LogP contribution < -0.4 is 9.62 Å². The van der Waals surface area contributed by atoms with Crippen molar-refractivity contribution in [1.82, 2.24) is 10.2 Å². The molecule has 1 fully saturated rings. The van der Waals surface area contributed by atoms with Crippen molar-refractivity contribution in [3.05, 3.63) is 131 Å². The predicted molar refractivity (Wildman–Crippen MR) is 188 cm³/mol. The molecule has 1 atom stereocenters. The van der Waals surface area contributed by atoms with Crippen molar-refractivity contribution in [2.24, 2.45) is 0 Å². The topological polar surface area (TPSA) is 86.8 Å². The van der Waals surface area contributed by atoms with Gasteiger partial charge in [0.15, 0.2) is 0 Å². The molecule has 2 amide bonds. The zero-order valence-electron chi connectivity index (χ0n) is 27.6. The lowest BCUT2D eigenvalue weighted by Crippen LogP contribution is -2.55. The number of anilines is 1. The molecule has 0 aromatic heterocycles. The van der Waals surface area contributed by atoms with Gasteiger partial charge in [-0.2, -0.15) is 0 Å². The maximum atomic E-state index is 14.7. The molecule has 1 N–H and O–H groups in total. The summed E-state index contributed by atoms with van der Waals surface area (Å²) in [6, 6.07) is 30.4. The van der Waals surface area contributed by atoms with Crippen LogP contribution in [0.3, 0.4) is 0 Å². The number of hydrogen-bond donors (Lipinski definition) is 1. The van der Waals surface area contributed by atoms with E-state index < -0.39 is 28.5 Å². The molecule has 8 heteroatoms. The molecule has 0 aliphatic heterocycles. The molecule has 0 unspecified atom stereocenters. The van der Waals surface area contributed by atoms with E-state index in [1.165, 1.54) is 16.4 Å². The molecule has 1 aliphatic rings. The van der Waals surface area contributed by atoms with Crippen LogP contribution in [0.2, 0.25) is 0 Å². The average molecular weight is 652 g/mol. The van der Waals surface area contributed by atoms with Crippen LogP contribution in [0.5, 0.6) is 0 Å². The lowest BCUT2D eigenvalue weighted by atomic mass is 9.94. The molecule has 0 heterocycles. The smallest absolute Gasteiger partial charge is 0.264 e. The van der Waals surface area contributed by atoms with Crippen LogP contribution in [0.4, 0.5) is 5.69 Å². The maximum absolute atomic E-state index is 14.7. The van der Waals surface area contributed by atoms with Gasteiger partial charge in [0.1, 0.15) is 12.6 Å². The molecule has 1 aliphatic carbocycles. The Bertz CT molecular complexity index is 1750. The van der Waals surface area contributed by atoms with Gasteiger partial charge in [-0.15, -0.1) is 0 Å². The fourth-order valence-corrected chi connectivity index (χ4v) is 7.81. The number of nitrogens with one attached hydrogen (secondary N) is 1. The fourth-order valence-electron chi connectivity index (χ4n) is 6.31. The molecule has 0 spiro atoms. The highest BCUT2D eigenvalue weighted by Gasteiger charge is 2.35. The molecule has 4 aromatic rings. The molecule has 0 saturated heterocycles. The summed E-state index contributed by atoms with van der Waals surface area (Å²) in [5.74, 6) is -0.671. The quantitative estimate of drug-likeness (QED) is 0.181. The average Bonchev–Trinajstić information content (AvgIpc) is 3.07. The van der Waals surface area contributed by atoms with Gasteiger partial charge >= 0.3 is 0 Å². The van der Waals surface area contributed by atoms with Gasteiger partial charge in [0.2, 0.25) is 11.8 Å². The van der Waals surface area contributed by atoms with E-state index in [1.807, 2.05) is 87.5 Å². The zero-order valence-corrected chi connectivity index (χ0v) is 28.4. The molecule has 5 rings (SSSR count). The molecule has 4 aromatic carbocycles. The van der Waals surface area contributed by atoms with Crippen molar-refractivity contribution < 1.29 is 18.0 Å². The minimum absolute atomic E-state index is 0.0519. The van der Waals surface area contributed by atoms with Crippen molar-refractivity contribution in [1.29, 1.82) is 0 Å². The second-order valence-corrected chi connectivity index (χ2v) is 14.5. The van der Waals surface area contributed by atoms with E-state index in [-0.39, 0.29) is 23.4 Å². The number of aryl methyl sites for hydroxylation is 3. The summed E-state index contributed by atoms with van der Waals surface area (Å²) in [6.45, 7) is 5.48. The van der Waals surface area contributed by atoms with E-state index in [1.54, 1.807) is 29.2 Å². The van der Waals surface area contributed by atoms with Crippen LogP contribution in [0.15, 0.2) is 108 Å². The van der Waals surface area contributed by atoms with Crippen LogP contribution in [-0.4, -0.2) is 43.8 Å².